The molecule has 0 bridgehead atoms. The normalized spacial score (nSPS) is 17.2. The van der Waals surface area contributed by atoms with Gasteiger partial charge in [0, 0.05) is 54.5 Å². The summed E-state index contributed by atoms with van der Waals surface area (Å²) in [5.41, 5.74) is 10.9. The fourth-order valence-electron chi connectivity index (χ4n) is 4.98. The molecule has 0 aliphatic carbocycles. The van der Waals surface area contributed by atoms with E-state index >= 15 is 0 Å². The highest BCUT2D eigenvalue weighted by Crippen LogP contribution is 2.40. The van der Waals surface area contributed by atoms with Crippen LogP contribution in [0.2, 0.25) is 5.02 Å². The van der Waals surface area contributed by atoms with Gasteiger partial charge in [-0.15, -0.1) is 0 Å². The molecule has 8 heteroatoms. The van der Waals surface area contributed by atoms with Crippen molar-refractivity contribution in [1.82, 2.24) is 24.8 Å². The molecule has 0 unspecified atom stereocenters. The van der Waals surface area contributed by atoms with Gasteiger partial charge in [0.2, 0.25) is 0 Å². The molecule has 2 saturated heterocycles. The maximum Gasteiger partial charge on any atom is 0.255 e. The number of aryl methyl sites for hydroxylation is 1. The summed E-state index contributed by atoms with van der Waals surface area (Å²) in [5, 5.41) is 0.428. The Morgan fingerprint density at radius 2 is 1.84 bits per heavy atom. The lowest BCUT2D eigenvalue weighted by Crippen LogP contribution is -2.72. The van der Waals surface area contributed by atoms with Crippen LogP contribution >= 0.6 is 11.6 Å². The molecule has 164 valence electrons. The Morgan fingerprint density at radius 1 is 1.09 bits per heavy atom. The molecule has 4 heterocycles. The van der Waals surface area contributed by atoms with E-state index in [1.807, 2.05) is 23.1 Å². The summed E-state index contributed by atoms with van der Waals surface area (Å²) in [5.74, 6) is 0.444. The third-order valence-corrected chi connectivity index (χ3v) is 6.67. The minimum atomic E-state index is -0.0124. The van der Waals surface area contributed by atoms with Gasteiger partial charge in [-0.2, -0.15) is 0 Å². The number of pyridine rings is 1. The molecule has 5 rings (SSSR count). The van der Waals surface area contributed by atoms with Gasteiger partial charge in [-0.05, 0) is 37.7 Å². The lowest BCUT2D eigenvalue weighted by molar-refractivity contribution is -0.0871. The number of nitrogens with zero attached hydrogens (tertiary/aromatic N) is 5. The molecule has 3 aromatic rings. The Hall–Kier alpha value is -3.03. The molecule has 32 heavy (non-hydrogen) atoms. The van der Waals surface area contributed by atoms with E-state index in [0.717, 1.165) is 60.7 Å². The van der Waals surface area contributed by atoms with Crippen LogP contribution in [-0.2, 0) is 6.42 Å². The van der Waals surface area contributed by atoms with Crippen molar-refractivity contribution in [1.29, 1.82) is 0 Å². The van der Waals surface area contributed by atoms with Crippen LogP contribution in [0.25, 0.3) is 22.4 Å². The Labute approximate surface area is 192 Å². The number of anilines is 1. The minimum Gasteiger partial charge on any atom is -0.384 e. The van der Waals surface area contributed by atoms with Gasteiger partial charge >= 0.3 is 0 Å². The molecule has 0 radical (unpaired) electrons. The molecule has 7 nitrogen and oxygen atoms in total. The van der Waals surface area contributed by atoms with Crippen molar-refractivity contribution < 1.29 is 4.79 Å². The van der Waals surface area contributed by atoms with Crippen LogP contribution in [0.4, 0.5) is 5.82 Å². The summed E-state index contributed by atoms with van der Waals surface area (Å²) < 4.78 is 0. The van der Waals surface area contributed by atoms with Crippen LogP contribution in [0.3, 0.4) is 0 Å². The van der Waals surface area contributed by atoms with Gasteiger partial charge < -0.3 is 15.5 Å². The Morgan fingerprint density at radius 3 is 2.47 bits per heavy atom. The first kappa shape index (κ1) is 20.8. The summed E-state index contributed by atoms with van der Waals surface area (Å²) in [6.45, 7) is 5.76. The molecule has 2 fully saturated rings. The lowest BCUT2D eigenvalue weighted by Gasteiger charge is -2.59. The summed E-state index contributed by atoms with van der Waals surface area (Å²) in [7, 11) is 2.11. The summed E-state index contributed by atoms with van der Waals surface area (Å²) in [4.78, 5) is 30.4. The second kappa shape index (κ2) is 7.83. The first-order valence-corrected chi connectivity index (χ1v) is 11.1. The fourth-order valence-corrected chi connectivity index (χ4v) is 5.24. The highest BCUT2D eigenvalue weighted by Gasteiger charge is 2.52. The highest BCUT2D eigenvalue weighted by molar-refractivity contribution is 6.34. The van der Waals surface area contributed by atoms with E-state index in [4.69, 9.17) is 17.3 Å². The third-order valence-electron chi connectivity index (χ3n) is 6.36. The zero-order valence-corrected chi connectivity index (χ0v) is 18.9. The Balaban J connectivity index is 1.46. The van der Waals surface area contributed by atoms with Gasteiger partial charge in [-0.1, -0.05) is 24.6 Å². The van der Waals surface area contributed by atoms with E-state index in [1.165, 1.54) is 0 Å². The maximum atomic E-state index is 13.0. The van der Waals surface area contributed by atoms with Crippen LogP contribution in [0.5, 0.6) is 0 Å². The van der Waals surface area contributed by atoms with E-state index in [-0.39, 0.29) is 11.3 Å². The van der Waals surface area contributed by atoms with Gasteiger partial charge in [0.05, 0.1) is 22.0 Å². The molecule has 2 aliphatic heterocycles. The first-order valence-electron chi connectivity index (χ1n) is 10.7. The highest BCUT2D eigenvalue weighted by atomic mass is 35.5. The van der Waals surface area contributed by atoms with Crippen LogP contribution in [0.1, 0.15) is 23.0 Å². The second-order valence-corrected chi connectivity index (χ2v) is 9.30. The van der Waals surface area contributed by atoms with E-state index < -0.39 is 0 Å². The van der Waals surface area contributed by atoms with Gasteiger partial charge in [-0.3, -0.25) is 4.79 Å². The molecule has 2 aromatic heterocycles. The predicted molar refractivity (Wildman–Crippen MR) is 125 cm³/mol. The molecular weight excluding hydrogens is 424 g/mol. The average molecular weight is 449 g/mol. The first-order chi connectivity index (χ1) is 15.4. The predicted octanol–water partition coefficient (Wildman–Crippen LogP) is 3.39. The smallest absolute Gasteiger partial charge is 0.255 e. The van der Waals surface area contributed by atoms with E-state index in [1.54, 1.807) is 24.7 Å². The van der Waals surface area contributed by atoms with E-state index in [9.17, 15) is 4.79 Å². The number of carbonyl (C=O) groups excluding carboxylic acids is 1. The lowest BCUT2D eigenvalue weighted by atomic mass is 9.73. The SMILES string of the molecule is CCc1ncnc(-c2ccc(C(=O)N3CC4(CN(C)C4)C3)c(Cl)c2)c1-c1ccc(N)nc1. The van der Waals surface area contributed by atoms with Crippen molar-refractivity contribution >= 4 is 23.3 Å². The van der Waals surface area contributed by atoms with Crippen molar-refractivity contribution in [3.63, 3.8) is 0 Å². The molecule has 0 saturated carbocycles. The average Bonchev–Trinajstić information content (AvgIpc) is 2.74. The fraction of sp³-hybridized carbons (Fsp3) is 0.333. The van der Waals surface area contributed by atoms with Gasteiger partial charge in [-0.25, -0.2) is 15.0 Å². The molecule has 1 amide bonds. The number of amides is 1. The topological polar surface area (TPSA) is 88.2 Å². The van der Waals surface area contributed by atoms with Gasteiger partial charge in [0.1, 0.15) is 12.1 Å². The van der Waals surface area contributed by atoms with Crippen molar-refractivity contribution in [2.75, 3.05) is 39.0 Å². The number of likely N-dealkylation sites (tertiary alicyclic amines) is 2. The van der Waals surface area contributed by atoms with Gasteiger partial charge in [0.25, 0.3) is 5.91 Å². The molecule has 2 aliphatic rings. The van der Waals surface area contributed by atoms with Crippen LogP contribution in [-0.4, -0.2) is 63.9 Å². The number of nitrogens with two attached hydrogens (primary N) is 1. The van der Waals surface area contributed by atoms with Crippen LogP contribution in [0.15, 0.2) is 42.9 Å². The molecule has 0 atom stereocenters. The number of benzene rings is 1. The quantitative estimate of drug-likeness (QED) is 0.658. The zero-order chi connectivity index (χ0) is 22.5. The zero-order valence-electron chi connectivity index (χ0n) is 18.2. The molecule has 1 aromatic carbocycles. The molecule has 1 spiro atoms. The maximum absolute atomic E-state index is 13.0. The van der Waals surface area contributed by atoms with Crippen LogP contribution in [0, 0.1) is 5.41 Å². The molecule has 2 N–H and O–H groups in total. The standard InChI is InChI=1S/C24H25ClN6O/c1-3-19-21(16-5-7-20(26)27-9-16)22(29-14-28-19)15-4-6-17(18(25)8-15)23(32)31-12-24(13-31)10-30(2)11-24/h4-9,14H,3,10-13H2,1-2H3,(H2,26,27). The van der Waals surface area contributed by atoms with E-state index in [0.29, 0.717) is 16.4 Å². The van der Waals surface area contributed by atoms with Crippen molar-refractivity contribution in [2.24, 2.45) is 5.41 Å². The number of hydrogen-bond donors (Lipinski definition) is 1. The van der Waals surface area contributed by atoms with Crippen molar-refractivity contribution in [3.8, 4) is 22.4 Å². The van der Waals surface area contributed by atoms with Crippen molar-refractivity contribution in [2.45, 2.75) is 13.3 Å². The number of hydrogen-bond acceptors (Lipinski definition) is 6. The van der Waals surface area contributed by atoms with Gasteiger partial charge in [0.15, 0.2) is 0 Å². The largest absolute Gasteiger partial charge is 0.384 e. The summed E-state index contributed by atoms with van der Waals surface area (Å²) in [6, 6.07) is 9.21. The summed E-state index contributed by atoms with van der Waals surface area (Å²) in [6.07, 6.45) is 4.03. The number of nitrogen functional groups attached to an aromatic ring is 1. The van der Waals surface area contributed by atoms with Crippen molar-refractivity contribution in [3.05, 3.63) is 59.1 Å². The summed E-state index contributed by atoms with van der Waals surface area (Å²) >= 11 is 6.61. The Kier molecular flexibility index (Phi) is 5.10. The monoisotopic (exact) mass is 448 g/mol. The molecular formula is C24H25ClN6O. The minimum absolute atomic E-state index is 0.0124. The number of carbonyl (C=O) groups is 1. The second-order valence-electron chi connectivity index (χ2n) is 8.90. The number of halogens is 1. The number of aromatic nitrogens is 3. The Bertz CT molecular complexity index is 1180. The number of rotatable bonds is 4. The van der Waals surface area contributed by atoms with Crippen LogP contribution < -0.4 is 5.73 Å². The third kappa shape index (κ3) is 3.51. The van der Waals surface area contributed by atoms with E-state index in [2.05, 4.69) is 33.8 Å².